The zero-order chi connectivity index (χ0) is 24.0. The van der Waals surface area contributed by atoms with Gasteiger partial charge in [0.05, 0.1) is 35.1 Å². The van der Waals surface area contributed by atoms with Crippen molar-refractivity contribution >= 4 is 23.2 Å². The van der Waals surface area contributed by atoms with E-state index in [-0.39, 0.29) is 23.6 Å². The van der Waals surface area contributed by atoms with Crippen LogP contribution >= 0.6 is 0 Å². The molecular weight excluding hydrogens is 428 g/mol. The fraction of sp³-hybridized carbons (Fsp3) is 0.222. The van der Waals surface area contributed by atoms with Crippen molar-refractivity contribution in [2.45, 2.75) is 33.7 Å². The Morgan fingerprint density at radius 3 is 2.44 bits per heavy atom. The van der Waals surface area contributed by atoms with Gasteiger partial charge in [-0.3, -0.25) is 9.59 Å². The standard InChI is InChI=1S/C27H26N4O3/c1-17-13-18(2)31(28-17)23-8-5-7-21(14-23)22-10-11-24-25(15-22)29(16-19(3)30(24)20(4)32)27(33)26-9-6-12-34-26/h5-15,19H,16H2,1-4H3/t19-/m0/s1. The average molecular weight is 455 g/mol. The maximum Gasteiger partial charge on any atom is 0.294 e. The van der Waals surface area contributed by atoms with Gasteiger partial charge in [-0.2, -0.15) is 5.10 Å². The topological polar surface area (TPSA) is 71.6 Å². The monoisotopic (exact) mass is 454 g/mol. The molecule has 1 atom stereocenters. The van der Waals surface area contributed by atoms with Gasteiger partial charge in [0.25, 0.3) is 5.91 Å². The van der Waals surface area contributed by atoms with Crippen molar-refractivity contribution in [2.75, 3.05) is 16.3 Å². The number of nitrogens with zero attached hydrogens (tertiary/aromatic N) is 4. The van der Waals surface area contributed by atoms with Crippen molar-refractivity contribution in [2.24, 2.45) is 0 Å². The molecule has 0 saturated carbocycles. The number of carbonyl (C=O) groups excluding carboxylic acids is 2. The Balaban J connectivity index is 1.61. The predicted octanol–water partition coefficient (Wildman–Crippen LogP) is 5.15. The van der Waals surface area contributed by atoms with Crippen LogP contribution in [0.2, 0.25) is 0 Å². The highest BCUT2D eigenvalue weighted by Gasteiger charge is 2.35. The lowest BCUT2D eigenvalue weighted by Crippen LogP contribution is -2.51. The summed E-state index contributed by atoms with van der Waals surface area (Å²) in [7, 11) is 0. The number of carbonyl (C=O) groups is 2. The maximum atomic E-state index is 13.3. The van der Waals surface area contributed by atoms with Crippen LogP contribution in [0.4, 0.5) is 11.4 Å². The molecule has 5 rings (SSSR count). The van der Waals surface area contributed by atoms with Crippen LogP contribution < -0.4 is 9.80 Å². The summed E-state index contributed by atoms with van der Waals surface area (Å²) in [6.07, 6.45) is 1.49. The summed E-state index contributed by atoms with van der Waals surface area (Å²) >= 11 is 0. The second-order valence-corrected chi connectivity index (χ2v) is 8.72. The molecular formula is C27H26N4O3. The molecule has 0 saturated heterocycles. The smallest absolute Gasteiger partial charge is 0.294 e. The van der Waals surface area contributed by atoms with Gasteiger partial charge < -0.3 is 14.2 Å². The van der Waals surface area contributed by atoms with Crippen molar-refractivity contribution in [3.63, 3.8) is 0 Å². The summed E-state index contributed by atoms with van der Waals surface area (Å²) < 4.78 is 7.30. The lowest BCUT2D eigenvalue weighted by Gasteiger charge is -2.40. The third-order valence-corrected chi connectivity index (χ3v) is 6.16. The van der Waals surface area contributed by atoms with Gasteiger partial charge >= 0.3 is 0 Å². The van der Waals surface area contributed by atoms with E-state index in [9.17, 15) is 9.59 Å². The van der Waals surface area contributed by atoms with Gasteiger partial charge in [-0.05, 0) is 74.4 Å². The molecule has 7 heteroatoms. The van der Waals surface area contributed by atoms with E-state index in [1.165, 1.54) is 6.26 Å². The second-order valence-electron chi connectivity index (χ2n) is 8.72. The first-order valence-electron chi connectivity index (χ1n) is 11.3. The number of aromatic nitrogens is 2. The van der Waals surface area contributed by atoms with Crippen LogP contribution in [0.1, 0.15) is 35.8 Å². The highest BCUT2D eigenvalue weighted by molar-refractivity contribution is 6.10. The van der Waals surface area contributed by atoms with Crippen LogP contribution in [0, 0.1) is 13.8 Å². The third kappa shape index (κ3) is 3.69. The lowest BCUT2D eigenvalue weighted by atomic mass is 10.00. The SMILES string of the molecule is CC(=O)N1c2ccc(-c3cccc(-n4nc(C)cc4C)c3)cc2N(C(=O)c2ccco2)C[C@@H]1C. The van der Waals surface area contributed by atoms with Gasteiger partial charge in [0, 0.05) is 19.2 Å². The van der Waals surface area contributed by atoms with Crippen LogP contribution in [0.25, 0.3) is 16.8 Å². The fourth-order valence-corrected chi connectivity index (χ4v) is 4.72. The molecule has 0 spiro atoms. The van der Waals surface area contributed by atoms with Crippen molar-refractivity contribution < 1.29 is 14.0 Å². The number of furan rings is 1. The average Bonchev–Trinajstić information content (AvgIpc) is 3.47. The molecule has 2 amide bonds. The van der Waals surface area contributed by atoms with Gasteiger partial charge in [-0.1, -0.05) is 18.2 Å². The minimum atomic E-state index is -0.227. The Kier molecular flexibility index (Phi) is 5.32. The summed E-state index contributed by atoms with van der Waals surface area (Å²) in [6, 6.07) is 19.2. The normalized spacial score (nSPS) is 15.4. The number of benzene rings is 2. The van der Waals surface area contributed by atoms with Gasteiger partial charge in [0.1, 0.15) is 0 Å². The molecule has 0 N–H and O–H groups in total. The minimum Gasteiger partial charge on any atom is -0.459 e. The second kappa shape index (κ2) is 8.33. The summed E-state index contributed by atoms with van der Waals surface area (Å²) in [5.74, 6) is -0.0145. The Morgan fingerprint density at radius 2 is 1.76 bits per heavy atom. The summed E-state index contributed by atoms with van der Waals surface area (Å²) in [5, 5.41) is 4.60. The molecule has 34 heavy (non-hydrogen) atoms. The predicted molar refractivity (Wildman–Crippen MR) is 131 cm³/mol. The van der Waals surface area contributed by atoms with Crippen molar-refractivity contribution in [1.82, 2.24) is 9.78 Å². The lowest BCUT2D eigenvalue weighted by molar-refractivity contribution is -0.117. The Hall–Kier alpha value is -4.13. The van der Waals surface area contributed by atoms with Crippen molar-refractivity contribution in [3.8, 4) is 16.8 Å². The van der Waals surface area contributed by atoms with Gasteiger partial charge in [-0.25, -0.2) is 4.68 Å². The Morgan fingerprint density at radius 1 is 0.971 bits per heavy atom. The largest absolute Gasteiger partial charge is 0.459 e. The van der Waals surface area contributed by atoms with E-state index in [2.05, 4.69) is 11.2 Å². The third-order valence-electron chi connectivity index (χ3n) is 6.16. The number of anilines is 2. The first-order chi connectivity index (χ1) is 16.3. The molecule has 1 aliphatic heterocycles. The first kappa shape index (κ1) is 21.7. The zero-order valence-corrected chi connectivity index (χ0v) is 19.6. The molecule has 4 aromatic rings. The number of aryl methyl sites for hydroxylation is 2. The van der Waals surface area contributed by atoms with E-state index in [1.807, 2.05) is 67.9 Å². The number of amides is 2. The van der Waals surface area contributed by atoms with E-state index in [1.54, 1.807) is 28.9 Å². The zero-order valence-electron chi connectivity index (χ0n) is 19.6. The number of hydrogen-bond acceptors (Lipinski definition) is 4. The number of hydrogen-bond donors (Lipinski definition) is 0. The van der Waals surface area contributed by atoms with E-state index >= 15 is 0 Å². The summed E-state index contributed by atoms with van der Waals surface area (Å²) in [6.45, 7) is 7.88. The van der Waals surface area contributed by atoms with Crippen LogP contribution in [-0.2, 0) is 4.79 Å². The summed E-state index contributed by atoms with van der Waals surface area (Å²) in [4.78, 5) is 29.2. The van der Waals surface area contributed by atoms with E-state index in [0.29, 0.717) is 17.9 Å². The van der Waals surface area contributed by atoms with Gasteiger partial charge in [0.15, 0.2) is 5.76 Å². The molecule has 0 unspecified atom stereocenters. The number of fused-ring (bicyclic) bond motifs is 1. The molecule has 0 bridgehead atoms. The van der Waals surface area contributed by atoms with E-state index in [0.717, 1.165) is 28.2 Å². The first-order valence-corrected chi connectivity index (χ1v) is 11.3. The minimum absolute atomic E-state index is 0.0573. The van der Waals surface area contributed by atoms with Gasteiger partial charge in [0.2, 0.25) is 5.91 Å². The molecule has 0 fully saturated rings. The molecule has 2 aromatic carbocycles. The van der Waals surface area contributed by atoms with Crippen LogP contribution in [0.15, 0.2) is 71.3 Å². The van der Waals surface area contributed by atoms with Crippen LogP contribution in [0.3, 0.4) is 0 Å². The van der Waals surface area contributed by atoms with E-state index in [4.69, 9.17) is 4.42 Å². The van der Waals surface area contributed by atoms with E-state index < -0.39 is 0 Å². The molecule has 0 aliphatic carbocycles. The van der Waals surface area contributed by atoms with Gasteiger partial charge in [-0.15, -0.1) is 0 Å². The molecule has 3 heterocycles. The van der Waals surface area contributed by atoms with Crippen LogP contribution in [0.5, 0.6) is 0 Å². The Bertz CT molecular complexity index is 1390. The highest BCUT2D eigenvalue weighted by Crippen LogP contribution is 2.39. The van der Waals surface area contributed by atoms with Crippen LogP contribution in [-0.4, -0.2) is 34.2 Å². The maximum absolute atomic E-state index is 13.3. The number of rotatable bonds is 3. The summed E-state index contributed by atoms with van der Waals surface area (Å²) in [5.41, 5.74) is 6.31. The molecule has 7 nitrogen and oxygen atoms in total. The molecule has 0 radical (unpaired) electrons. The molecule has 172 valence electrons. The fourth-order valence-electron chi connectivity index (χ4n) is 4.72. The molecule has 2 aromatic heterocycles. The highest BCUT2D eigenvalue weighted by atomic mass is 16.3. The van der Waals surface area contributed by atoms with Crippen molar-refractivity contribution in [3.05, 3.63) is 84.1 Å². The quantitative estimate of drug-likeness (QED) is 0.429. The molecule has 1 aliphatic rings. The van der Waals surface area contributed by atoms with Crippen molar-refractivity contribution in [1.29, 1.82) is 0 Å². The Labute approximate surface area is 198 Å².